The molecule has 1 amide bonds. The van der Waals surface area contributed by atoms with E-state index in [9.17, 15) is 13.6 Å². The Bertz CT molecular complexity index is 978. The molecule has 176 valence electrons. The number of likely N-dealkylation sites (tertiary alicyclic amines) is 1. The second-order valence-electron chi connectivity index (χ2n) is 10.1. The molecule has 4 heterocycles. The van der Waals surface area contributed by atoms with Crippen LogP contribution in [0.4, 0.5) is 14.6 Å². The van der Waals surface area contributed by atoms with Gasteiger partial charge in [0.25, 0.3) is 12.3 Å². The van der Waals surface area contributed by atoms with E-state index in [-0.39, 0.29) is 29.7 Å². The van der Waals surface area contributed by atoms with Gasteiger partial charge in [0.2, 0.25) is 0 Å². The predicted octanol–water partition coefficient (Wildman–Crippen LogP) is 4.58. The van der Waals surface area contributed by atoms with Crippen LogP contribution in [0.15, 0.2) is 10.6 Å². The molecule has 1 fully saturated rings. The Balaban J connectivity index is 1.55. The fourth-order valence-corrected chi connectivity index (χ4v) is 4.86. The van der Waals surface area contributed by atoms with Crippen LogP contribution in [0.2, 0.25) is 0 Å². The topological polar surface area (TPSA) is 76.2 Å². The SMILES string of the molecule is CCc1onc(C)c1C(=O)N1CCC[C@@H]([C@@H]2C[C@H](C(F)F)n3nc(C(C)(C)C)cc3N2)C1. The Hall–Kier alpha value is -2.45. The molecular weight excluding hydrogens is 416 g/mol. The van der Waals surface area contributed by atoms with E-state index in [0.29, 0.717) is 42.3 Å². The molecule has 0 saturated carbocycles. The zero-order valence-corrected chi connectivity index (χ0v) is 19.5. The highest BCUT2D eigenvalue weighted by Gasteiger charge is 2.40. The van der Waals surface area contributed by atoms with Crippen LogP contribution in [-0.2, 0) is 11.8 Å². The molecule has 2 aliphatic rings. The van der Waals surface area contributed by atoms with Crippen molar-refractivity contribution < 1.29 is 18.1 Å². The minimum Gasteiger partial charge on any atom is -0.367 e. The molecule has 0 aromatic carbocycles. The van der Waals surface area contributed by atoms with E-state index >= 15 is 0 Å². The molecule has 0 aliphatic carbocycles. The van der Waals surface area contributed by atoms with E-state index < -0.39 is 12.5 Å². The number of hydrogen-bond donors (Lipinski definition) is 1. The van der Waals surface area contributed by atoms with Gasteiger partial charge in [-0.15, -0.1) is 0 Å². The number of rotatable bonds is 4. The summed E-state index contributed by atoms with van der Waals surface area (Å²) in [4.78, 5) is 15.1. The van der Waals surface area contributed by atoms with Gasteiger partial charge in [-0.2, -0.15) is 5.10 Å². The van der Waals surface area contributed by atoms with Crippen molar-refractivity contribution in [2.45, 2.75) is 84.2 Å². The molecule has 0 bridgehead atoms. The van der Waals surface area contributed by atoms with Crippen LogP contribution in [-0.4, -0.2) is 51.3 Å². The van der Waals surface area contributed by atoms with Gasteiger partial charge in [-0.25, -0.2) is 13.5 Å². The summed E-state index contributed by atoms with van der Waals surface area (Å²) in [5.74, 6) is 1.25. The molecule has 2 aromatic heterocycles. The van der Waals surface area contributed by atoms with Crippen molar-refractivity contribution in [1.82, 2.24) is 19.8 Å². The Morgan fingerprint density at radius 3 is 2.78 bits per heavy atom. The molecule has 2 aliphatic heterocycles. The number of nitrogens with zero attached hydrogens (tertiary/aromatic N) is 4. The van der Waals surface area contributed by atoms with Crippen LogP contribution in [0.25, 0.3) is 0 Å². The number of halogens is 2. The third-order valence-electron chi connectivity index (χ3n) is 6.72. The number of alkyl halides is 2. The summed E-state index contributed by atoms with van der Waals surface area (Å²) in [6.45, 7) is 11.0. The number of carbonyl (C=O) groups is 1. The smallest absolute Gasteiger partial charge is 0.260 e. The molecular formula is C23H33F2N5O2. The van der Waals surface area contributed by atoms with Crippen LogP contribution in [0.5, 0.6) is 0 Å². The molecule has 1 N–H and O–H groups in total. The summed E-state index contributed by atoms with van der Waals surface area (Å²) in [7, 11) is 0. The van der Waals surface area contributed by atoms with Gasteiger partial charge in [0.1, 0.15) is 23.2 Å². The molecule has 0 radical (unpaired) electrons. The number of nitrogens with one attached hydrogen (secondary N) is 1. The molecule has 0 spiro atoms. The first-order valence-electron chi connectivity index (χ1n) is 11.5. The Kier molecular flexibility index (Phi) is 6.02. The maximum Gasteiger partial charge on any atom is 0.260 e. The van der Waals surface area contributed by atoms with Crippen molar-refractivity contribution in [3.05, 3.63) is 28.8 Å². The monoisotopic (exact) mass is 449 g/mol. The summed E-state index contributed by atoms with van der Waals surface area (Å²) in [6.07, 6.45) is 0.112. The minimum absolute atomic E-state index is 0.0772. The van der Waals surface area contributed by atoms with Crippen molar-refractivity contribution in [1.29, 1.82) is 0 Å². The highest BCUT2D eigenvalue weighted by atomic mass is 19.3. The summed E-state index contributed by atoms with van der Waals surface area (Å²) >= 11 is 0. The van der Waals surface area contributed by atoms with Gasteiger partial charge in [-0.1, -0.05) is 32.9 Å². The first kappa shape index (κ1) is 22.7. The molecule has 7 nitrogen and oxygen atoms in total. The first-order valence-corrected chi connectivity index (χ1v) is 11.5. The highest BCUT2D eigenvalue weighted by Crippen LogP contribution is 2.38. The number of carbonyl (C=O) groups excluding carboxylic acids is 1. The van der Waals surface area contributed by atoms with E-state index in [4.69, 9.17) is 4.52 Å². The lowest BCUT2D eigenvalue weighted by molar-refractivity contribution is 0.0503. The number of amides is 1. The van der Waals surface area contributed by atoms with Crippen LogP contribution < -0.4 is 5.32 Å². The third-order valence-corrected chi connectivity index (χ3v) is 6.72. The fraction of sp³-hybridized carbons (Fsp3) is 0.696. The summed E-state index contributed by atoms with van der Waals surface area (Å²) in [5.41, 5.74) is 1.71. The molecule has 9 heteroatoms. The summed E-state index contributed by atoms with van der Waals surface area (Å²) < 4.78 is 34.8. The van der Waals surface area contributed by atoms with Gasteiger partial charge < -0.3 is 14.7 Å². The van der Waals surface area contributed by atoms with E-state index in [2.05, 4.69) is 15.6 Å². The number of piperidine rings is 1. The maximum atomic E-state index is 14.0. The van der Waals surface area contributed by atoms with Gasteiger partial charge in [0.15, 0.2) is 0 Å². The maximum absolute atomic E-state index is 14.0. The van der Waals surface area contributed by atoms with Gasteiger partial charge >= 0.3 is 0 Å². The van der Waals surface area contributed by atoms with Crippen LogP contribution >= 0.6 is 0 Å². The van der Waals surface area contributed by atoms with E-state index in [1.54, 1.807) is 6.92 Å². The number of fused-ring (bicyclic) bond motifs is 1. The standard InChI is InChI=1S/C23H33F2N5O2/c1-6-17-20(13(2)28-32-17)22(31)29-9-7-8-14(12-29)15-10-16(21(24)25)30-19(26-15)11-18(27-30)23(3,4)5/h11,14-16,21,26H,6-10,12H2,1-5H3/t14-,15+,16-/m1/s1. The first-order chi connectivity index (χ1) is 15.1. The highest BCUT2D eigenvalue weighted by molar-refractivity contribution is 5.96. The number of anilines is 1. The van der Waals surface area contributed by atoms with Crippen molar-refractivity contribution in [2.75, 3.05) is 18.4 Å². The Morgan fingerprint density at radius 1 is 1.38 bits per heavy atom. The normalized spacial score (nSPS) is 23.9. The van der Waals surface area contributed by atoms with E-state index in [1.807, 2.05) is 38.7 Å². The van der Waals surface area contributed by atoms with Crippen molar-refractivity contribution in [3.63, 3.8) is 0 Å². The number of aromatic nitrogens is 3. The predicted molar refractivity (Wildman–Crippen MR) is 117 cm³/mol. The van der Waals surface area contributed by atoms with Gasteiger partial charge in [0.05, 0.1) is 11.4 Å². The average Bonchev–Trinajstić information content (AvgIpc) is 3.35. The van der Waals surface area contributed by atoms with Crippen molar-refractivity contribution >= 4 is 11.7 Å². The second kappa shape index (κ2) is 8.48. The Labute approximate surface area is 187 Å². The van der Waals surface area contributed by atoms with E-state index in [0.717, 1.165) is 18.5 Å². The van der Waals surface area contributed by atoms with Crippen molar-refractivity contribution in [3.8, 4) is 0 Å². The number of aryl methyl sites for hydroxylation is 2. The molecule has 0 unspecified atom stereocenters. The lowest BCUT2D eigenvalue weighted by Crippen LogP contribution is -2.48. The molecule has 3 atom stereocenters. The largest absolute Gasteiger partial charge is 0.367 e. The summed E-state index contributed by atoms with van der Waals surface area (Å²) in [5, 5.41) is 11.9. The van der Waals surface area contributed by atoms with Gasteiger partial charge in [-0.05, 0) is 32.1 Å². The zero-order valence-electron chi connectivity index (χ0n) is 19.5. The van der Waals surface area contributed by atoms with Crippen molar-refractivity contribution in [2.24, 2.45) is 5.92 Å². The quantitative estimate of drug-likeness (QED) is 0.739. The fourth-order valence-electron chi connectivity index (χ4n) is 4.86. The molecule has 32 heavy (non-hydrogen) atoms. The van der Waals surface area contributed by atoms with Crippen LogP contribution in [0.3, 0.4) is 0 Å². The van der Waals surface area contributed by atoms with E-state index in [1.165, 1.54) is 4.68 Å². The Morgan fingerprint density at radius 2 is 2.12 bits per heavy atom. The van der Waals surface area contributed by atoms with Gasteiger partial charge in [-0.3, -0.25) is 4.79 Å². The number of hydrogen-bond acceptors (Lipinski definition) is 5. The molecule has 2 aromatic rings. The van der Waals surface area contributed by atoms with Crippen LogP contribution in [0, 0.1) is 12.8 Å². The minimum atomic E-state index is -2.50. The van der Waals surface area contributed by atoms with Crippen LogP contribution in [0.1, 0.15) is 80.5 Å². The van der Waals surface area contributed by atoms with Gasteiger partial charge in [0, 0.05) is 37.0 Å². The lowest BCUT2D eigenvalue weighted by Gasteiger charge is -2.41. The average molecular weight is 450 g/mol. The lowest BCUT2D eigenvalue weighted by atomic mass is 9.85. The summed E-state index contributed by atoms with van der Waals surface area (Å²) in [6, 6.07) is 0.780. The zero-order chi connectivity index (χ0) is 23.2. The second-order valence-corrected chi connectivity index (χ2v) is 10.1. The third kappa shape index (κ3) is 4.13. The molecule has 4 rings (SSSR count). The molecule has 1 saturated heterocycles.